The molecule has 8 N–H and O–H groups in total. The molecule has 1 aromatic rings. The zero-order valence-electron chi connectivity index (χ0n) is 20.4. The molecule has 222 valence electrons. The predicted molar refractivity (Wildman–Crippen MR) is 124 cm³/mol. The Balaban J connectivity index is 1.60. The van der Waals surface area contributed by atoms with E-state index in [4.69, 9.17) is 9.47 Å². The number of carbonyl (C=O) groups excluding carboxylic acids is 1. The molecule has 2 aliphatic heterocycles. The molecule has 0 radical (unpaired) electrons. The number of ether oxygens (including phenoxy) is 2. The van der Waals surface area contributed by atoms with Crippen LogP contribution in [0.15, 0.2) is 15.8 Å². The fourth-order valence-electron chi connectivity index (χ4n) is 3.90. The molecule has 21 heteroatoms. The number of aromatic amines is 1. The summed E-state index contributed by atoms with van der Waals surface area (Å²) in [6.07, 6.45) is -10.2. The van der Waals surface area contributed by atoms with E-state index in [0.29, 0.717) is 0 Å². The molecule has 0 aliphatic carbocycles. The summed E-state index contributed by atoms with van der Waals surface area (Å²) < 4.78 is 49.5. The lowest BCUT2D eigenvalue weighted by Gasteiger charge is -2.42. The summed E-state index contributed by atoms with van der Waals surface area (Å²) >= 11 is 0. The standard InChI is InChI=1S/C18H29N3O16P2/c1-7-4-21(18(28)20-16(7)27)12-3-9(24)11(34-12)6-33-38(29,30)37-39(31,32)36-17-15(26)14(25)13(19-8(2)23)10(5-22)35-17/h4,9-15,17,22,24-26H,3,5-6H2,1-2H3,(H,19,23)(H,29,30)(H,31,32)(H,20,27,28)/t9-,10+,11+,12?,13+,14-,15+,17?/m0/s1. The van der Waals surface area contributed by atoms with Crippen molar-refractivity contribution in [2.75, 3.05) is 13.2 Å². The average molecular weight is 605 g/mol. The first-order valence-corrected chi connectivity index (χ1v) is 14.3. The van der Waals surface area contributed by atoms with Crippen molar-refractivity contribution in [3.05, 3.63) is 32.6 Å². The Kier molecular flexibility index (Phi) is 10.0. The Bertz CT molecular complexity index is 1250. The summed E-state index contributed by atoms with van der Waals surface area (Å²) in [6.45, 7) is 0.820. The zero-order valence-corrected chi connectivity index (χ0v) is 22.2. The van der Waals surface area contributed by atoms with Gasteiger partial charge in [-0.2, -0.15) is 4.31 Å². The third kappa shape index (κ3) is 7.89. The minimum atomic E-state index is -5.57. The number of aliphatic hydroxyl groups is 4. The van der Waals surface area contributed by atoms with E-state index in [0.717, 1.165) is 11.5 Å². The van der Waals surface area contributed by atoms with Crippen LogP contribution in [0, 0.1) is 6.92 Å². The number of phosphoric acid groups is 2. The first-order valence-electron chi connectivity index (χ1n) is 11.3. The monoisotopic (exact) mass is 605 g/mol. The van der Waals surface area contributed by atoms with Crippen LogP contribution in [0.1, 0.15) is 25.1 Å². The third-order valence-electron chi connectivity index (χ3n) is 5.76. The van der Waals surface area contributed by atoms with E-state index in [1.165, 1.54) is 13.1 Å². The molecule has 2 aliphatic rings. The second-order valence-corrected chi connectivity index (χ2v) is 11.8. The van der Waals surface area contributed by atoms with Crippen LogP contribution in [0.25, 0.3) is 0 Å². The molecule has 2 fully saturated rings. The lowest BCUT2D eigenvalue weighted by atomic mass is 9.96. The van der Waals surface area contributed by atoms with Gasteiger partial charge in [0.25, 0.3) is 5.56 Å². The van der Waals surface area contributed by atoms with Crippen LogP contribution >= 0.6 is 15.6 Å². The van der Waals surface area contributed by atoms with Crippen LogP contribution in [-0.2, 0) is 36.8 Å². The molecule has 2 saturated heterocycles. The minimum Gasteiger partial charge on any atom is -0.394 e. The zero-order chi connectivity index (χ0) is 29.3. The molecule has 10 atom stereocenters. The summed E-state index contributed by atoms with van der Waals surface area (Å²) in [5, 5.41) is 42.3. The van der Waals surface area contributed by atoms with Crippen LogP contribution in [-0.4, -0.2) is 102 Å². The van der Waals surface area contributed by atoms with Gasteiger partial charge in [-0.1, -0.05) is 0 Å². The van der Waals surface area contributed by atoms with Gasteiger partial charge in [-0.15, -0.1) is 0 Å². The van der Waals surface area contributed by atoms with E-state index in [-0.39, 0.29) is 12.0 Å². The third-order valence-corrected chi connectivity index (χ3v) is 8.36. The highest BCUT2D eigenvalue weighted by molar-refractivity contribution is 7.61. The average Bonchev–Trinajstić information content (AvgIpc) is 3.19. The van der Waals surface area contributed by atoms with E-state index >= 15 is 0 Å². The highest BCUT2D eigenvalue weighted by Gasteiger charge is 2.49. The Morgan fingerprint density at radius 3 is 2.44 bits per heavy atom. The topological polar surface area (TPSA) is 286 Å². The van der Waals surface area contributed by atoms with Crippen LogP contribution in [0.5, 0.6) is 0 Å². The van der Waals surface area contributed by atoms with Crippen molar-refractivity contribution < 1.29 is 67.0 Å². The molecule has 0 saturated carbocycles. The van der Waals surface area contributed by atoms with Crippen molar-refractivity contribution in [1.82, 2.24) is 14.9 Å². The first-order chi connectivity index (χ1) is 18.0. The van der Waals surface area contributed by atoms with Crippen LogP contribution in [0.4, 0.5) is 0 Å². The number of phosphoric ester groups is 2. The van der Waals surface area contributed by atoms with Gasteiger partial charge in [0.05, 0.1) is 25.4 Å². The molecular formula is C18H29N3O16P2. The van der Waals surface area contributed by atoms with E-state index in [2.05, 4.69) is 23.7 Å². The number of aliphatic hydroxyl groups excluding tert-OH is 4. The number of nitrogens with zero attached hydrogens (tertiary/aromatic N) is 1. The van der Waals surface area contributed by atoms with Crippen molar-refractivity contribution in [2.24, 2.45) is 0 Å². The molecule has 3 rings (SSSR count). The lowest BCUT2D eigenvalue weighted by Crippen LogP contribution is -2.64. The molecule has 0 bridgehead atoms. The normalized spacial score (nSPS) is 34.3. The van der Waals surface area contributed by atoms with Gasteiger partial charge in [-0.25, -0.2) is 13.9 Å². The van der Waals surface area contributed by atoms with Crippen LogP contribution in [0.2, 0.25) is 0 Å². The maximum absolute atomic E-state index is 12.3. The van der Waals surface area contributed by atoms with Gasteiger partial charge >= 0.3 is 21.3 Å². The number of hydrogen-bond acceptors (Lipinski definition) is 14. The molecule has 19 nitrogen and oxygen atoms in total. The van der Waals surface area contributed by atoms with Crippen LogP contribution in [0.3, 0.4) is 0 Å². The summed E-state index contributed by atoms with van der Waals surface area (Å²) in [5.41, 5.74) is -1.28. The van der Waals surface area contributed by atoms with Crippen molar-refractivity contribution in [1.29, 1.82) is 0 Å². The first kappa shape index (κ1) is 31.7. The SMILES string of the molecule is CC(=O)N[C@H]1[C@H](O)[C@@H](O)C(OP(=O)(O)OP(=O)(O)OC[C@H]2OC(n3cc(C)c(=O)[nH]c3=O)C[C@@H]2O)O[C@@H]1CO. The van der Waals surface area contributed by atoms with E-state index in [1.54, 1.807) is 0 Å². The van der Waals surface area contributed by atoms with Crippen molar-refractivity contribution in [3.63, 3.8) is 0 Å². The van der Waals surface area contributed by atoms with Gasteiger partial charge in [-0.3, -0.25) is 28.2 Å². The predicted octanol–water partition coefficient (Wildman–Crippen LogP) is -3.31. The largest absolute Gasteiger partial charge is 0.483 e. The minimum absolute atomic E-state index is 0.176. The van der Waals surface area contributed by atoms with Crippen molar-refractivity contribution in [2.45, 2.75) is 69.3 Å². The summed E-state index contributed by atoms with van der Waals surface area (Å²) in [4.78, 5) is 56.8. The lowest BCUT2D eigenvalue weighted by molar-refractivity contribution is -0.255. The number of hydrogen-bond donors (Lipinski definition) is 8. The van der Waals surface area contributed by atoms with E-state index in [1.807, 2.05) is 0 Å². The second-order valence-electron chi connectivity index (χ2n) is 8.76. The Morgan fingerprint density at radius 1 is 1.15 bits per heavy atom. The van der Waals surface area contributed by atoms with Crippen molar-refractivity contribution >= 4 is 21.6 Å². The van der Waals surface area contributed by atoms with Crippen LogP contribution < -0.4 is 16.6 Å². The van der Waals surface area contributed by atoms with Crippen molar-refractivity contribution in [3.8, 4) is 0 Å². The van der Waals surface area contributed by atoms with Gasteiger partial charge in [0.15, 0.2) is 6.29 Å². The Labute approximate surface area is 219 Å². The molecule has 4 unspecified atom stereocenters. The molecule has 1 amide bonds. The summed E-state index contributed by atoms with van der Waals surface area (Å²) in [6, 6.07) is -1.33. The second kappa shape index (κ2) is 12.4. The highest BCUT2D eigenvalue weighted by Crippen LogP contribution is 2.61. The molecular weight excluding hydrogens is 576 g/mol. The maximum atomic E-state index is 12.3. The quantitative estimate of drug-likeness (QED) is 0.121. The van der Waals surface area contributed by atoms with Gasteiger partial charge in [-0.05, 0) is 6.92 Å². The highest BCUT2D eigenvalue weighted by atomic mass is 31.3. The molecule has 39 heavy (non-hydrogen) atoms. The van der Waals surface area contributed by atoms with Gasteiger partial charge in [0.2, 0.25) is 5.91 Å². The van der Waals surface area contributed by atoms with E-state index < -0.39 is 95.1 Å². The van der Waals surface area contributed by atoms with E-state index in [9.17, 15) is 53.7 Å². The fraction of sp³-hybridized carbons (Fsp3) is 0.722. The number of rotatable bonds is 10. The molecule has 3 heterocycles. The maximum Gasteiger partial charge on any atom is 0.483 e. The Hall–Kier alpha value is -1.83. The Morgan fingerprint density at radius 2 is 1.82 bits per heavy atom. The number of carbonyl (C=O) groups is 1. The summed E-state index contributed by atoms with van der Waals surface area (Å²) in [5.74, 6) is -0.647. The van der Waals surface area contributed by atoms with Gasteiger partial charge in [0, 0.05) is 25.1 Å². The molecule has 0 spiro atoms. The smallest absolute Gasteiger partial charge is 0.394 e. The number of nitrogens with one attached hydrogen (secondary N) is 2. The summed E-state index contributed by atoms with van der Waals surface area (Å²) in [7, 11) is -11.0. The fourth-order valence-corrected chi connectivity index (χ4v) is 6.05. The number of aryl methyl sites for hydroxylation is 1. The molecule has 1 aromatic heterocycles. The number of H-pyrrole nitrogens is 1. The molecule has 0 aromatic carbocycles. The number of amides is 1. The van der Waals surface area contributed by atoms with Gasteiger partial charge in [0.1, 0.15) is 30.6 Å². The van der Waals surface area contributed by atoms with Gasteiger partial charge < -0.3 is 45.0 Å². The number of aromatic nitrogens is 2.